The number of allylic oxidation sites excluding steroid dienone is 5. The van der Waals surface area contributed by atoms with Crippen LogP contribution < -0.4 is 5.32 Å². The van der Waals surface area contributed by atoms with Crippen LogP contribution in [0, 0.1) is 5.92 Å². The van der Waals surface area contributed by atoms with Crippen LogP contribution in [0.3, 0.4) is 0 Å². The predicted molar refractivity (Wildman–Crippen MR) is 54.6 cm³/mol. The van der Waals surface area contributed by atoms with Gasteiger partial charge in [-0.05, 0) is 42.9 Å². The zero-order valence-electron chi connectivity index (χ0n) is 8.05. The lowest BCUT2D eigenvalue weighted by Crippen LogP contribution is -2.32. The minimum atomic E-state index is 0.192. The normalized spacial score (nSPS) is 29.6. The summed E-state index contributed by atoms with van der Waals surface area (Å²) in [5, 5.41) is 3.37. The number of ketones is 1. The molecule has 0 aromatic rings. The van der Waals surface area contributed by atoms with Gasteiger partial charge in [-0.25, -0.2) is 0 Å². The largest absolute Gasteiger partial charge is 0.385 e. The smallest absolute Gasteiger partial charge is 0.185 e. The number of nitrogens with one attached hydrogen (secondary N) is 1. The van der Waals surface area contributed by atoms with Crippen molar-refractivity contribution in [2.45, 2.75) is 19.3 Å². The van der Waals surface area contributed by atoms with E-state index < -0.39 is 0 Å². The van der Waals surface area contributed by atoms with Crippen molar-refractivity contribution >= 4 is 5.78 Å². The zero-order valence-corrected chi connectivity index (χ0v) is 8.05. The van der Waals surface area contributed by atoms with Gasteiger partial charge in [-0.3, -0.25) is 4.79 Å². The summed E-state index contributed by atoms with van der Waals surface area (Å²) in [6, 6.07) is 0. The van der Waals surface area contributed by atoms with Crippen molar-refractivity contribution in [3.63, 3.8) is 0 Å². The molecule has 0 saturated carbocycles. The highest BCUT2D eigenvalue weighted by Crippen LogP contribution is 2.38. The summed E-state index contributed by atoms with van der Waals surface area (Å²) in [7, 11) is 0. The lowest BCUT2D eigenvalue weighted by atomic mass is 9.75. The van der Waals surface area contributed by atoms with Crippen LogP contribution in [0.15, 0.2) is 35.1 Å². The van der Waals surface area contributed by atoms with E-state index in [0.717, 1.165) is 18.5 Å². The van der Waals surface area contributed by atoms with E-state index in [1.165, 1.54) is 24.1 Å². The van der Waals surface area contributed by atoms with Crippen molar-refractivity contribution < 1.29 is 4.79 Å². The number of carbonyl (C=O) groups is 1. The molecule has 0 aromatic carbocycles. The summed E-state index contributed by atoms with van der Waals surface area (Å²) < 4.78 is 0. The molecule has 1 N–H and O–H groups in total. The van der Waals surface area contributed by atoms with Gasteiger partial charge in [0, 0.05) is 17.8 Å². The van der Waals surface area contributed by atoms with Gasteiger partial charge in [0.05, 0.1) is 0 Å². The third kappa shape index (κ3) is 0.999. The van der Waals surface area contributed by atoms with E-state index in [-0.39, 0.29) is 5.78 Å². The molecule has 0 fully saturated rings. The number of rotatable bonds is 0. The first kappa shape index (κ1) is 8.04. The molecule has 1 heterocycles. The Labute approximate surface area is 83.4 Å². The van der Waals surface area contributed by atoms with Gasteiger partial charge in [0.2, 0.25) is 0 Å². The molecular formula is C12H13NO. The quantitative estimate of drug-likeness (QED) is 0.625. The Bertz CT molecular complexity index is 387. The van der Waals surface area contributed by atoms with Crippen molar-refractivity contribution in [1.82, 2.24) is 5.32 Å². The zero-order chi connectivity index (χ0) is 9.54. The van der Waals surface area contributed by atoms with Crippen molar-refractivity contribution in [2.75, 3.05) is 6.54 Å². The second-order valence-corrected chi connectivity index (χ2v) is 4.13. The molecule has 1 aliphatic heterocycles. The van der Waals surface area contributed by atoms with Crippen LogP contribution in [0.1, 0.15) is 19.3 Å². The Morgan fingerprint density at radius 1 is 1.29 bits per heavy atom. The Morgan fingerprint density at radius 3 is 3.14 bits per heavy atom. The third-order valence-electron chi connectivity index (χ3n) is 3.33. The van der Waals surface area contributed by atoms with Gasteiger partial charge < -0.3 is 5.32 Å². The molecule has 0 saturated heterocycles. The van der Waals surface area contributed by atoms with Gasteiger partial charge in [0.1, 0.15) is 0 Å². The van der Waals surface area contributed by atoms with E-state index in [1.54, 1.807) is 6.08 Å². The van der Waals surface area contributed by atoms with Crippen molar-refractivity contribution in [2.24, 2.45) is 5.92 Å². The molecule has 72 valence electrons. The molecule has 1 unspecified atom stereocenters. The number of hydrogen-bond donors (Lipinski definition) is 1. The molecule has 3 aliphatic rings. The van der Waals surface area contributed by atoms with Crippen LogP contribution in [0.5, 0.6) is 0 Å². The maximum absolute atomic E-state index is 11.6. The molecule has 3 rings (SSSR count). The highest BCUT2D eigenvalue weighted by molar-refractivity contribution is 6.09. The van der Waals surface area contributed by atoms with Crippen LogP contribution in [-0.4, -0.2) is 12.3 Å². The lowest BCUT2D eigenvalue weighted by Gasteiger charge is -2.33. The van der Waals surface area contributed by atoms with Crippen molar-refractivity contribution in [3.05, 3.63) is 35.1 Å². The fourth-order valence-electron chi connectivity index (χ4n) is 2.66. The molecule has 0 aromatic heterocycles. The summed E-state index contributed by atoms with van der Waals surface area (Å²) in [4.78, 5) is 11.6. The van der Waals surface area contributed by atoms with Crippen LogP contribution >= 0.6 is 0 Å². The molecule has 1 atom stereocenters. The average molecular weight is 187 g/mol. The Balaban J connectivity index is 2.17. The molecule has 14 heavy (non-hydrogen) atoms. The maximum atomic E-state index is 11.6. The average Bonchev–Trinajstić information content (AvgIpc) is 2.24. The second-order valence-electron chi connectivity index (χ2n) is 4.13. The van der Waals surface area contributed by atoms with Gasteiger partial charge in [0.25, 0.3) is 0 Å². The molecule has 2 aliphatic carbocycles. The lowest BCUT2D eigenvalue weighted by molar-refractivity contribution is -0.111. The number of hydrogen-bond acceptors (Lipinski definition) is 2. The molecule has 0 spiro atoms. The van der Waals surface area contributed by atoms with E-state index in [2.05, 4.69) is 11.4 Å². The summed E-state index contributed by atoms with van der Waals surface area (Å²) in [6.07, 6.45) is 9.18. The Morgan fingerprint density at radius 2 is 2.21 bits per heavy atom. The fourth-order valence-corrected chi connectivity index (χ4v) is 2.66. The van der Waals surface area contributed by atoms with Gasteiger partial charge in [-0.2, -0.15) is 0 Å². The Kier molecular flexibility index (Phi) is 1.63. The molecular weight excluding hydrogens is 174 g/mol. The molecule has 0 amide bonds. The van der Waals surface area contributed by atoms with Gasteiger partial charge >= 0.3 is 0 Å². The SMILES string of the molecule is O=C1C=CC2=C3C1=CCCC3CCN2. The second kappa shape index (κ2) is 2.84. The van der Waals surface area contributed by atoms with Crippen LogP contribution in [0.2, 0.25) is 0 Å². The highest BCUT2D eigenvalue weighted by Gasteiger charge is 2.31. The minimum Gasteiger partial charge on any atom is -0.385 e. The van der Waals surface area contributed by atoms with Gasteiger partial charge in [0.15, 0.2) is 5.78 Å². The van der Waals surface area contributed by atoms with E-state index in [0.29, 0.717) is 5.92 Å². The predicted octanol–water partition coefficient (Wildman–Crippen LogP) is 1.71. The van der Waals surface area contributed by atoms with Gasteiger partial charge in [-0.15, -0.1) is 0 Å². The molecule has 0 bridgehead atoms. The maximum Gasteiger partial charge on any atom is 0.185 e. The van der Waals surface area contributed by atoms with Crippen molar-refractivity contribution in [3.8, 4) is 0 Å². The minimum absolute atomic E-state index is 0.192. The molecule has 2 nitrogen and oxygen atoms in total. The highest BCUT2D eigenvalue weighted by atomic mass is 16.1. The van der Waals surface area contributed by atoms with Crippen LogP contribution in [0.4, 0.5) is 0 Å². The first-order valence-corrected chi connectivity index (χ1v) is 5.27. The van der Waals surface area contributed by atoms with Gasteiger partial charge in [-0.1, -0.05) is 6.08 Å². The molecule has 2 heteroatoms. The monoisotopic (exact) mass is 187 g/mol. The summed E-state index contributed by atoms with van der Waals surface area (Å²) >= 11 is 0. The van der Waals surface area contributed by atoms with Crippen LogP contribution in [-0.2, 0) is 4.79 Å². The van der Waals surface area contributed by atoms with Crippen LogP contribution in [0.25, 0.3) is 0 Å². The number of carbonyl (C=O) groups excluding carboxylic acids is 1. The van der Waals surface area contributed by atoms with E-state index in [9.17, 15) is 4.79 Å². The first-order valence-electron chi connectivity index (χ1n) is 5.27. The summed E-state index contributed by atoms with van der Waals surface area (Å²) in [6.45, 7) is 1.05. The third-order valence-corrected chi connectivity index (χ3v) is 3.33. The fraction of sp³-hybridized carbons (Fsp3) is 0.417. The first-order chi connectivity index (χ1) is 6.86. The Hall–Kier alpha value is -1.31. The van der Waals surface area contributed by atoms with E-state index in [4.69, 9.17) is 0 Å². The molecule has 0 radical (unpaired) electrons. The summed E-state index contributed by atoms with van der Waals surface area (Å²) in [5.74, 6) is 0.817. The summed E-state index contributed by atoms with van der Waals surface area (Å²) in [5.41, 5.74) is 3.44. The standard InChI is InChI=1S/C12H13NO/c14-11-5-4-10-12-8(6-7-13-10)2-1-3-9(11)12/h3-5,8,13H,1-2,6-7H2. The van der Waals surface area contributed by atoms with E-state index >= 15 is 0 Å². The van der Waals surface area contributed by atoms with E-state index in [1.807, 2.05) is 6.08 Å². The topological polar surface area (TPSA) is 29.1 Å². The van der Waals surface area contributed by atoms with Crippen molar-refractivity contribution in [1.29, 1.82) is 0 Å².